The van der Waals surface area contributed by atoms with Gasteiger partial charge in [0.15, 0.2) is 0 Å². The summed E-state index contributed by atoms with van der Waals surface area (Å²) in [5, 5.41) is 1.09. The lowest BCUT2D eigenvalue weighted by molar-refractivity contribution is 0.557. The molecule has 3 N–H and O–H groups in total. The minimum Gasteiger partial charge on any atom is -0.271 e. The molecule has 1 aromatic carbocycles. The molecule has 0 fully saturated rings. The number of nitrogens with one attached hydrogen (secondary N) is 1. The molecule has 0 saturated carbocycles. The number of hydrazine groups is 1. The number of nitrogens with zero attached hydrogens (tertiary/aromatic N) is 1. The van der Waals surface area contributed by atoms with Crippen LogP contribution < -0.4 is 11.3 Å². The number of rotatable bonds is 4. The molecule has 2 aromatic rings. The molecule has 1 unspecified atom stereocenters. The molecule has 0 aliphatic heterocycles. The van der Waals surface area contributed by atoms with Crippen LogP contribution in [0.4, 0.5) is 0 Å². The quantitative estimate of drug-likeness (QED) is 0.666. The molecule has 0 amide bonds. The number of thiazole rings is 1. The lowest BCUT2D eigenvalue weighted by Crippen LogP contribution is -2.29. The third kappa shape index (κ3) is 3.41. The summed E-state index contributed by atoms with van der Waals surface area (Å²) in [6.45, 7) is 8.34. The molecule has 19 heavy (non-hydrogen) atoms. The highest BCUT2D eigenvalue weighted by Crippen LogP contribution is 2.27. The Hall–Kier alpha value is -1.23. The Morgan fingerprint density at radius 3 is 2.26 bits per heavy atom. The normalized spacial score (nSPS) is 12.7. The standard InChI is InChI=1S/C15H21N3S/c1-9-5-10(2)7-13(6-9)8-14(18-16)15-11(3)17-12(4)19-15/h5-7,14,18H,8,16H2,1-4H3. The molecule has 102 valence electrons. The maximum absolute atomic E-state index is 5.74. The molecule has 0 saturated heterocycles. The van der Waals surface area contributed by atoms with Gasteiger partial charge in [0, 0.05) is 4.88 Å². The Morgan fingerprint density at radius 1 is 1.16 bits per heavy atom. The third-order valence-corrected chi connectivity index (χ3v) is 4.36. The summed E-state index contributed by atoms with van der Waals surface area (Å²) in [7, 11) is 0. The van der Waals surface area contributed by atoms with Crippen molar-refractivity contribution in [2.45, 2.75) is 40.2 Å². The third-order valence-electron chi connectivity index (χ3n) is 3.18. The van der Waals surface area contributed by atoms with Crippen LogP contribution in [0.2, 0.25) is 0 Å². The van der Waals surface area contributed by atoms with E-state index in [2.05, 4.69) is 42.5 Å². The zero-order chi connectivity index (χ0) is 14.0. The van der Waals surface area contributed by atoms with E-state index in [1.807, 2.05) is 13.8 Å². The van der Waals surface area contributed by atoms with E-state index in [4.69, 9.17) is 5.84 Å². The van der Waals surface area contributed by atoms with Crippen LogP contribution in [0.5, 0.6) is 0 Å². The Morgan fingerprint density at radius 2 is 1.79 bits per heavy atom. The van der Waals surface area contributed by atoms with Gasteiger partial charge in [0.1, 0.15) is 0 Å². The average Bonchev–Trinajstić information content (AvgIpc) is 2.64. The van der Waals surface area contributed by atoms with Crippen LogP contribution in [0, 0.1) is 27.7 Å². The van der Waals surface area contributed by atoms with E-state index in [-0.39, 0.29) is 6.04 Å². The van der Waals surface area contributed by atoms with E-state index in [1.165, 1.54) is 21.6 Å². The first-order chi connectivity index (χ1) is 8.99. The fourth-order valence-electron chi connectivity index (χ4n) is 2.52. The van der Waals surface area contributed by atoms with Crippen LogP contribution in [-0.2, 0) is 6.42 Å². The van der Waals surface area contributed by atoms with Crippen molar-refractivity contribution in [3.63, 3.8) is 0 Å². The summed E-state index contributed by atoms with van der Waals surface area (Å²) in [5.74, 6) is 5.74. The van der Waals surface area contributed by atoms with Crippen molar-refractivity contribution in [2.24, 2.45) is 5.84 Å². The summed E-state index contributed by atoms with van der Waals surface area (Å²) in [4.78, 5) is 5.71. The summed E-state index contributed by atoms with van der Waals surface area (Å²) in [5.41, 5.74) is 7.91. The van der Waals surface area contributed by atoms with Crippen molar-refractivity contribution < 1.29 is 0 Å². The zero-order valence-electron chi connectivity index (χ0n) is 11.9. The van der Waals surface area contributed by atoms with Crippen LogP contribution in [0.25, 0.3) is 0 Å². The second kappa shape index (κ2) is 5.82. The molecular weight excluding hydrogens is 254 g/mol. The van der Waals surface area contributed by atoms with Gasteiger partial charge in [-0.05, 0) is 39.7 Å². The Kier molecular flexibility index (Phi) is 4.34. The summed E-state index contributed by atoms with van der Waals surface area (Å²) < 4.78 is 0. The molecular formula is C15H21N3S. The number of hydrogen-bond acceptors (Lipinski definition) is 4. The average molecular weight is 275 g/mol. The van der Waals surface area contributed by atoms with Gasteiger partial charge >= 0.3 is 0 Å². The number of benzene rings is 1. The van der Waals surface area contributed by atoms with Crippen molar-refractivity contribution >= 4 is 11.3 Å². The van der Waals surface area contributed by atoms with Gasteiger partial charge in [-0.2, -0.15) is 0 Å². The highest BCUT2D eigenvalue weighted by atomic mass is 32.1. The van der Waals surface area contributed by atoms with Crippen LogP contribution in [0.15, 0.2) is 18.2 Å². The van der Waals surface area contributed by atoms with E-state index in [1.54, 1.807) is 11.3 Å². The lowest BCUT2D eigenvalue weighted by Gasteiger charge is -2.16. The van der Waals surface area contributed by atoms with Gasteiger partial charge in [0.05, 0.1) is 16.7 Å². The van der Waals surface area contributed by atoms with E-state index in [0.717, 1.165) is 17.1 Å². The second-order valence-corrected chi connectivity index (χ2v) is 6.34. The first-order valence-electron chi connectivity index (χ1n) is 6.47. The molecule has 3 nitrogen and oxygen atoms in total. The Labute approximate surface area is 118 Å². The molecule has 1 atom stereocenters. The molecule has 1 heterocycles. The van der Waals surface area contributed by atoms with Crippen molar-refractivity contribution in [3.05, 3.63) is 50.5 Å². The monoisotopic (exact) mass is 275 g/mol. The summed E-state index contributed by atoms with van der Waals surface area (Å²) >= 11 is 1.72. The smallest absolute Gasteiger partial charge is 0.0900 e. The highest BCUT2D eigenvalue weighted by Gasteiger charge is 2.17. The van der Waals surface area contributed by atoms with Crippen LogP contribution in [0.1, 0.15) is 38.3 Å². The summed E-state index contributed by atoms with van der Waals surface area (Å²) in [6, 6.07) is 6.77. The molecule has 2 rings (SSSR count). The number of nitrogens with two attached hydrogens (primary N) is 1. The maximum Gasteiger partial charge on any atom is 0.0900 e. The molecule has 4 heteroatoms. The molecule has 0 radical (unpaired) electrons. The van der Waals surface area contributed by atoms with Crippen LogP contribution >= 0.6 is 11.3 Å². The molecule has 0 bridgehead atoms. The Balaban J connectivity index is 2.26. The molecule has 0 aliphatic carbocycles. The van der Waals surface area contributed by atoms with Gasteiger partial charge in [0.2, 0.25) is 0 Å². The van der Waals surface area contributed by atoms with Gasteiger partial charge < -0.3 is 0 Å². The fourth-order valence-corrected chi connectivity index (χ4v) is 3.51. The van der Waals surface area contributed by atoms with Crippen LogP contribution in [-0.4, -0.2) is 4.98 Å². The first kappa shape index (κ1) is 14.2. The number of hydrogen-bond donors (Lipinski definition) is 2. The molecule has 0 spiro atoms. The minimum absolute atomic E-state index is 0.132. The van der Waals surface area contributed by atoms with Crippen molar-refractivity contribution in [2.75, 3.05) is 0 Å². The number of aryl methyl sites for hydroxylation is 4. The van der Waals surface area contributed by atoms with Crippen molar-refractivity contribution in [1.82, 2.24) is 10.4 Å². The predicted octanol–water partition coefficient (Wildman–Crippen LogP) is 3.12. The Bertz CT molecular complexity index is 555. The van der Waals surface area contributed by atoms with E-state index < -0.39 is 0 Å². The molecule has 0 aliphatic rings. The first-order valence-corrected chi connectivity index (χ1v) is 7.28. The zero-order valence-corrected chi connectivity index (χ0v) is 12.8. The van der Waals surface area contributed by atoms with E-state index in [0.29, 0.717) is 0 Å². The maximum atomic E-state index is 5.74. The van der Waals surface area contributed by atoms with Crippen molar-refractivity contribution in [3.8, 4) is 0 Å². The number of aromatic nitrogens is 1. The summed E-state index contributed by atoms with van der Waals surface area (Å²) in [6.07, 6.45) is 0.890. The second-order valence-electron chi connectivity index (χ2n) is 5.10. The van der Waals surface area contributed by atoms with Crippen LogP contribution in [0.3, 0.4) is 0 Å². The van der Waals surface area contributed by atoms with Gasteiger partial charge in [-0.3, -0.25) is 11.3 Å². The SMILES string of the molecule is Cc1cc(C)cc(CC(NN)c2sc(C)nc2C)c1. The topological polar surface area (TPSA) is 50.9 Å². The van der Waals surface area contributed by atoms with Gasteiger partial charge in [-0.1, -0.05) is 29.3 Å². The van der Waals surface area contributed by atoms with Gasteiger partial charge in [0.25, 0.3) is 0 Å². The predicted molar refractivity (Wildman–Crippen MR) is 81.3 cm³/mol. The molecule has 1 aromatic heterocycles. The van der Waals surface area contributed by atoms with Gasteiger partial charge in [-0.25, -0.2) is 4.98 Å². The van der Waals surface area contributed by atoms with Crippen molar-refractivity contribution in [1.29, 1.82) is 0 Å². The van der Waals surface area contributed by atoms with Gasteiger partial charge in [-0.15, -0.1) is 11.3 Å². The van der Waals surface area contributed by atoms with E-state index in [9.17, 15) is 0 Å². The minimum atomic E-state index is 0.132. The fraction of sp³-hybridized carbons (Fsp3) is 0.400. The highest BCUT2D eigenvalue weighted by molar-refractivity contribution is 7.11. The lowest BCUT2D eigenvalue weighted by atomic mass is 10.0. The van der Waals surface area contributed by atoms with E-state index >= 15 is 0 Å². The largest absolute Gasteiger partial charge is 0.271 e.